The number of halogens is 1. The standard InChI is InChI=1S/C13H17ClO3/c1-4-16-10-7-6-8-11(17-5-2)12(10)13(14)9(3)15/h6-8,13H,4-5H2,1-3H3. The van der Waals surface area contributed by atoms with Gasteiger partial charge in [0, 0.05) is 0 Å². The van der Waals surface area contributed by atoms with Crippen molar-refractivity contribution in [1.29, 1.82) is 0 Å². The minimum Gasteiger partial charge on any atom is -0.493 e. The van der Waals surface area contributed by atoms with Crippen molar-refractivity contribution in [3.63, 3.8) is 0 Å². The molecule has 0 spiro atoms. The van der Waals surface area contributed by atoms with E-state index in [4.69, 9.17) is 21.1 Å². The second kappa shape index (κ2) is 6.50. The molecule has 4 heteroatoms. The van der Waals surface area contributed by atoms with Crippen molar-refractivity contribution in [2.45, 2.75) is 26.1 Å². The number of ether oxygens (including phenoxy) is 2. The van der Waals surface area contributed by atoms with Gasteiger partial charge in [-0.1, -0.05) is 6.07 Å². The van der Waals surface area contributed by atoms with E-state index in [2.05, 4.69) is 0 Å². The largest absolute Gasteiger partial charge is 0.493 e. The second-order valence-electron chi connectivity index (χ2n) is 3.51. The summed E-state index contributed by atoms with van der Waals surface area (Å²) in [6.07, 6.45) is 0. The van der Waals surface area contributed by atoms with Gasteiger partial charge in [0.15, 0.2) is 5.78 Å². The fourth-order valence-corrected chi connectivity index (χ4v) is 1.75. The van der Waals surface area contributed by atoms with Gasteiger partial charge in [-0.25, -0.2) is 0 Å². The van der Waals surface area contributed by atoms with Crippen LogP contribution in [0.25, 0.3) is 0 Å². The molecule has 0 radical (unpaired) electrons. The molecule has 0 fully saturated rings. The Morgan fingerprint density at radius 1 is 1.24 bits per heavy atom. The molecule has 1 aromatic rings. The SMILES string of the molecule is CCOc1cccc(OCC)c1C(Cl)C(C)=O. The van der Waals surface area contributed by atoms with E-state index < -0.39 is 5.38 Å². The van der Waals surface area contributed by atoms with Crippen LogP contribution in [0, 0.1) is 0 Å². The fourth-order valence-electron chi connectivity index (χ4n) is 1.54. The molecular weight excluding hydrogens is 240 g/mol. The molecule has 1 rings (SSSR count). The van der Waals surface area contributed by atoms with Crippen molar-refractivity contribution in [1.82, 2.24) is 0 Å². The summed E-state index contributed by atoms with van der Waals surface area (Å²) in [7, 11) is 0. The van der Waals surface area contributed by atoms with Gasteiger partial charge < -0.3 is 9.47 Å². The van der Waals surface area contributed by atoms with Crippen molar-refractivity contribution < 1.29 is 14.3 Å². The zero-order valence-electron chi connectivity index (χ0n) is 10.3. The van der Waals surface area contributed by atoms with Crippen molar-refractivity contribution in [3.05, 3.63) is 23.8 Å². The number of carbonyl (C=O) groups is 1. The van der Waals surface area contributed by atoms with Crippen LogP contribution < -0.4 is 9.47 Å². The molecule has 0 aliphatic carbocycles. The van der Waals surface area contributed by atoms with Gasteiger partial charge in [0.2, 0.25) is 0 Å². The van der Waals surface area contributed by atoms with Gasteiger partial charge >= 0.3 is 0 Å². The summed E-state index contributed by atoms with van der Waals surface area (Å²) in [5.41, 5.74) is 0.616. The number of ketones is 1. The number of hydrogen-bond donors (Lipinski definition) is 0. The van der Waals surface area contributed by atoms with Crippen molar-refractivity contribution in [2.24, 2.45) is 0 Å². The Morgan fingerprint density at radius 3 is 2.06 bits per heavy atom. The molecule has 0 amide bonds. The quantitative estimate of drug-likeness (QED) is 0.732. The molecule has 1 atom stereocenters. The lowest BCUT2D eigenvalue weighted by Crippen LogP contribution is -2.08. The predicted molar refractivity (Wildman–Crippen MR) is 68.1 cm³/mol. The van der Waals surface area contributed by atoms with Crippen molar-refractivity contribution in [2.75, 3.05) is 13.2 Å². The predicted octanol–water partition coefficient (Wildman–Crippen LogP) is 3.35. The van der Waals surface area contributed by atoms with Crippen LogP contribution in [0.4, 0.5) is 0 Å². The van der Waals surface area contributed by atoms with Gasteiger partial charge in [-0.3, -0.25) is 4.79 Å². The minimum atomic E-state index is -0.737. The summed E-state index contributed by atoms with van der Waals surface area (Å²) in [6, 6.07) is 5.41. The van der Waals surface area contributed by atoms with Crippen LogP contribution in [0.5, 0.6) is 11.5 Å². The summed E-state index contributed by atoms with van der Waals surface area (Å²) in [4.78, 5) is 11.4. The van der Waals surface area contributed by atoms with E-state index in [0.29, 0.717) is 30.3 Å². The van der Waals surface area contributed by atoms with Crippen LogP contribution in [0.15, 0.2) is 18.2 Å². The highest BCUT2D eigenvalue weighted by Crippen LogP contribution is 2.38. The highest BCUT2D eigenvalue weighted by molar-refractivity contribution is 6.31. The Labute approximate surface area is 107 Å². The number of hydrogen-bond acceptors (Lipinski definition) is 3. The second-order valence-corrected chi connectivity index (χ2v) is 3.94. The van der Waals surface area contributed by atoms with E-state index in [9.17, 15) is 4.79 Å². The van der Waals surface area contributed by atoms with Gasteiger partial charge in [-0.05, 0) is 32.9 Å². The van der Waals surface area contributed by atoms with E-state index in [1.807, 2.05) is 19.9 Å². The number of carbonyl (C=O) groups excluding carboxylic acids is 1. The molecule has 0 aromatic heterocycles. The van der Waals surface area contributed by atoms with E-state index in [0.717, 1.165) is 0 Å². The lowest BCUT2D eigenvalue weighted by atomic mass is 10.1. The van der Waals surface area contributed by atoms with Crippen LogP contribution >= 0.6 is 11.6 Å². The molecule has 0 heterocycles. The van der Waals surface area contributed by atoms with Crippen LogP contribution in [0.1, 0.15) is 31.7 Å². The van der Waals surface area contributed by atoms with Crippen LogP contribution in [0.3, 0.4) is 0 Å². The average molecular weight is 257 g/mol. The van der Waals surface area contributed by atoms with E-state index in [-0.39, 0.29) is 5.78 Å². The monoisotopic (exact) mass is 256 g/mol. The molecule has 0 saturated heterocycles. The molecule has 0 N–H and O–H groups in total. The third-order valence-electron chi connectivity index (χ3n) is 2.24. The van der Waals surface area contributed by atoms with Crippen molar-refractivity contribution >= 4 is 17.4 Å². The summed E-state index contributed by atoms with van der Waals surface area (Å²) < 4.78 is 11.0. The number of rotatable bonds is 6. The highest BCUT2D eigenvalue weighted by Gasteiger charge is 2.22. The van der Waals surface area contributed by atoms with Crippen LogP contribution in [-0.4, -0.2) is 19.0 Å². The Kier molecular flexibility index (Phi) is 5.29. The molecule has 1 aromatic carbocycles. The third-order valence-corrected chi connectivity index (χ3v) is 2.76. The summed E-state index contributed by atoms with van der Waals surface area (Å²) in [6.45, 7) is 6.26. The maximum Gasteiger partial charge on any atom is 0.152 e. The molecule has 0 aliphatic heterocycles. The smallest absolute Gasteiger partial charge is 0.152 e. The first-order chi connectivity index (χ1) is 8.11. The average Bonchev–Trinajstić information content (AvgIpc) is 2.29. The fraction of sp³-hybridized carbons (Fsp3) is 0.462. The van der Waals surface area contributed by atoms with Crippen LogP contribution in [0.2, 0.25) is 0 Å². The Bertz CT molecular complexity index is 366. The Hall–Kier alpha value is -1.22. The van der Waals surface area contributed by atoms with E-state index >= 15 is 0 Å². The Balaban J connectivity index is 3.22. The lowest BCUT2D eigenvalue weighted by Gasteiger charge is -2.17. The summed E-state index contributed by atoms with van der Waals surface area (Å²) in [5.74, 6) is 1.09. The first kappa shape index (κ1) is 13.8. The molecule has 0 saturated carbocycles. The number of alkyl halides is 1. The van der Waals surface area contributed by atoms with E-state index in [1.165, 1.54) is 6.92 Å². The molecule has 1 unspecified atom stereocenters. The molecule has 0 aliphatic rings. The maximum absolute atomic E-state index is 11.4. The van der Waals surface area contributed by atoms with Gasteiger partial charge in [-0.2, -0.15) is 0 Å². The van der Waals surface area contributed by atoms with Crippen LogP contribution in [-0.2, 0) is 4.79 Å². The van der Waals surface area contributed by atoms with E-state index in [1.54, 1.807) is 12.1 Å². The maximum atomic E-state index is 11.4. The summed E-state index contributed by atoms with van der Waals surface area (Å²) >= 11 is 6.11. The van der Waals surface area contributed by atoms with Gasteiger partial charge in [0.25, 0.3) is 0 Å². The van der Waals surface area contributed by atoms with Crippen molar-refractivity contribution in [3.8, 4) is 11.5 Å². The van der Waals surface area contributed by atoms with Gasteiger partial charge in [-0.15, -0.1) is 11.6 Å². The summed E-state index contributed by atoms with van der Waals surface area (Å²) in [5, 5.41) is -0.737. The zero-order valence-corrected chi connectivity index (χ0v) is 11.1. The highest BCUT2D eigenvalue weighted by atomic mass is 35.5. The Morgan fingerprint density at radius 2 is 1.71 bits per heavy atom. The topological polar surface area (TPSA) is 35.5 Å². The van der Waals surface area contributed by atoms with Gasteiger partial charge in [0.1, 0.15) is 16.9 Å². The lowest BCUT2D eigenvalue weighted by molar-refractivity contribution is -0.116. The number of Topliss-reactive ketones (excluding diaryl/α,β-unsaturated/α-hetero) is 1. The molecule has 3 nitrogen and oxygen atoms in total. The van der Waals surface area contributed by atoms with Gasteiger partial charge in [0.05, 0.1) is 18.8 Å². The molecule has 0 bridgehead atoms. The molecular formula is C13H17ClO3. The zero-order chi connectivity index (χ0) is 12.8. The normalized spacial score (nSPS) is 12.0. The number of benzene rings is 1. The molecule has 17 heavy (non-hydrogen) atoms. The molecule has 94 valence electrons. The minimum absolute atomic E-state index is 0.125. The first-order valence-electron chi connectivity index (χ1n) is 5.64. The third kappa shape index (κ3) is 3.37. The first-order valence-corrected chi connectivity index (χ1v) is 6.08.